The van der Waals surface area contributed by atoms with Crippen LogP contribution < -0.4 is 5.32 Å². The smallest absolute Gasteiger partial charge is 0.144 e. The summed E-state index contributed by atoms with van der Waals surface area (Å²) in [4.78, 5) is 4.31. The van der Waals surface area contributed by atoms with E-state index < -0.39 is 0 Å². The second kappa shape index (κ2) is 6.10. The molecule has 2 rings (SSSR count). The van der Waals surface area contributed by atoms with Crippen LogP contribution in [0.5, 0.6) is 0 Å². The SMILES string of the molecule is CSC1CCCC(Nc2nccc(C)c2C#N)C1. The van der Waals surface area contributed by atoms with Crippen LogP contribution in [0.15, 0.2) is 12.3 Å². The van der Waals surface area contributed by atoms with E-state index in [1.807, 2.05) is 24.8 Å². The monoisotopic (exact) mass is 261 g/mol. The number of thioether (sulfide) groups is 1. The lowest BCUT2D eigenvalue weighted by Crippen LogP contribution is -2.29. The molecular weight excluding hydrogens is 242 g/mol. The van der Waals surface area contributed by atoms with E-state index in [1.54, 1.807) is 6.20 Å². The van der Waals surface area contributed by atoms with Crippen molar-refractivity contribution in [2.75, 3.05) is 11.6 Å². The van der Waals surface area contributed by atoms with Crippen molar-refractivity contribution in [1.82, 2.24) is 4.98 Å². The van der Waals surface area contributed by atoms with Gasteiger partial charge < -0.3 is 5.32 Å². The average Bonchev–Trinajstić information content (AvgIpc) is 2.39. The number of aryl methyl sites for hydroxylation is 1. The molecular formula is C14H19N3S. The Morgan fingerprint density at radius 3 is 3.06 bits per heavy atom. The Kier molecular flexibility index (Phi) is 4.48. The van der Waals surface area contributed by atoms with Crippen molar-refractivity contribution in [3.63, 3.8) is 0 Å². The number of aromatic nitrogens is 1. The highest BCUT2D eigenvalue weighted by Crippen LogP contribution is 2.29. The number of hydrogen-bond acceptors (Lipinski definition) is 4. The molecule has 3 nitrogen and oxygen atoms in total. The third kappa shape index (κ3) is 2.97. The number of hydrogen-bond donors (Lipinski definition) is 1. The Balaban J connectivity index is 2.10. The summed E-state index contributed by atoms with van der Waals surface area (Å²) in [5.41, 5.74) is 1.68. The molecule has 1 aromatic rings. The van der Waals surface area contributed by atoms with Crippen molar-refractivity contribution >= 4 is 17.6 Å². The number of nitrogens with one attached hydrogen (secondary N) is 1. The van der Waals surface area contributed by atoms with Crippen LogP contribution >= 0.6 is 11.8 Å². The molecule has 18 heavy (non-hydrogen) atoms. The van der Waals surface area contributed by atoms with E-state index in [2.05, 4.69) is 22.6 Å². The quantitative estimate of drug-likeness (QED) is 0.906. The topological polar surface area (TPSA) is 48.7 Å². The maximum atomic E-state index is 9.19. The maximum Gasteiger partial charge on any atom is 0.144 e. The van der Waals surface area contributed by atoms with Gasteiger partial charge >= 0.3 is 0 Å². The van der Waals surface area contributed by atoms with Crippen LogP contribution in [0.2, 0.25) is 0 Å². The minimum absolute atomic E-state index is 0.456. The lowest BCUT2D eigenvalue weighted by atomic mass is 9.94. The van der Waals surface area contributed by atoms with Gasteiger partial charge in [0.25, 0.3) is 0 Å². The van der Waals surface area contributed by atoms with Gasteiger partial charge in [0.15, 0.2) is 0 Å². The lowest BCUT2D eigenvalue weighted by Gasteiger charge is -2.29. The van der Waals surface area contributed by atoms with Crippen LogP contribution in [0.4, 0.5) is 5.82 Å². The van der Waals surface area contributed by atoms with Crippen LogP contribution in [0, 0.1) is 18.3 Å². The highest BCUT2D eigenvalue weighted by atomic mass is 32.2. The predicted octanol–water partition coefficient (Wildman–Crippen LogP) is 3.35. The molecule has 1 aromatic heterocycles. The van der Waals surface area contributed by atoms with Crippen LogP contribution in [0.1, 0.15) is 36.8 Å². The zero-order valence-corrected chi connectivity index (χ0v) is 11.8. The van der Waals surface area contributed by atoms with E-state index in [0.29, 0.717) is 11.6 Å². The van der Waals surface area contributed by atoms with E-state index >= 15 is 0 Å². The first-order valence-corrected chi connectivity index (χ1v) is 7.68. The normalized spacial score (nSPS) is 23.4. The molecule has 1 fully saturated rings. The van der Waals surface area contributed by atoms with Gasteiger partial charge in [-0.05, 0) is 44.1 Å². The molecule has 2 atom stereocenters. The van der Waals surface area contributed by atoms with Crippen LogP contribution in [-0.4, -0.2) is 22.5 Å². The first-order valence-electron chi connectivity index (χ1n) is 6.39. The first-order chi connectivity index (χ1) is 8.74. The zero-order chi connectivity index (χ0) is 13.0. The van der Waals surface area contributed by atoms with Crippen LogP contribution in [0.3, 0.4) is 0 Å². The fourth-order valence-electron chi connectivity index (χ4n) is 2.49. The molecule has 0 spiro atoms. The highest BCUT2D eigenvalue weighted by molar-refractivity contribution is 7.99. The number of anilines is 1. The number of rotatable bonds is 3. The molecule has 0 saturated heterocycles. The summed E-state index contributed by atoms with van der Waals surface area (Å²) >= 11 is 1.95. The first kappa shape index (κ1) is 13.2. The molecule has 4 heteroatoms. The Morgan fingerprint density at radius 2 is 2.33 bits per heavy atom. The fourth-order valence-corrected chi connectivity index (χ4v) is 3.32. The maximum absolute atomic E-state index is 9.19. The Labute approximate surface area is 113 Å². The summed E-state index contributed by atoms with van der Waals surface area (Å²) in [5, 5.41) is 13.4. The van der Waals surface area contributed by atoms with Crippen LogP contribution in [-0.2, 0) is 0 Å². The summed E-state index contributed by atoms with van der Waals surface area (Å²) in [6.07, 6.45) is 8.87. The molecule has 0 radical (unpaired) electrons. The van der Waals surface area contributed by atoms with Gasteiger partial charge in [-0.15, -0.1) is 0 Å². The molecule has 1 aliphatic rings. The fraction of sp³-hybridized carbons (Fsp3) is 0.571. The molecule has 1 N–H and O–H groups in total. The molecule has 0 aliphatic heterocycles. The summed E-state index contributed by atoms with van der Waals surface area (Å²) in [6.45, 7) is 1.96. The van der Waals surface area contributed by atoms with Crippen molar-refractivity contribution in [2.45, 2.75) is 43.9 Å². The third-order valence-electron chi connectivity index (χ3n) is 3.57. The van der Waals surface area contributed by atoms with E-state index in [4.69, 9.17) is 0 Å². The van der Waals surface area contributed by atoms with Gasteiger partial charge in [0, 0.05) is 17.5 Å². The summed E-state index contributed by atoms with van der Waals surface area (Å²) in [5.74, 6) is 0.754. The van der Waals surface area contributed by atoms with Crippen molar-refractivity contribution in [2.24, 2.45) is 0 Å². The van der Waals surface area contributed by atoms with Gasteiger partial charge in [0.2, 0.25) is 0 Å². The molecule has 0 aromatic carbocycles. The van der Waals surface area contributed by atoms with Crippen molar-refractivity contribution in [1.29, 1.82) is 5.26 Å². The minimum atomic E-state index is 0.456. The second-order valence-electron chi connectivity index (χ2n) is 4.83. The van der Waals surface area contributed by atoms with E-state index in [9.17, 15) is 5.26 Å². The van der Waals surface area contributed by atoms with E-state index in [-0.39, 0.29) is 0 Å². The number of nitriles is 1. The van der Waals surface area contributed by atoms with Gasteiger partial charge in [-0.3, -0.25) is 0 Å². The number of nitrogens with zero attached hydrogens (tertiary/aromatic N) is 2. The molecule has 1 heterocycles. The second-order valence-corrected chi connectivity index (χ2v) is 5.97. The Bertz CT molecular complexity index is 453. The molecule has 1 aliphatic carbocycles. The van der Waals surface area contributed by atoms with Gasteiger partial charge in [0.05, 0.1) is 5.56 Å². The standard InChI is InChI=1S/C14H19N3S/c1-10-6-7-16-14(13(10)9-15)17-11-4-3-5-12(8-11)18-2/h6-7,11-12H,3-5,8H2,1-2H3,(H,16,17). The Hall–Kier alpha value is -1.21. The molecule has 2 unspecified atom stereocenters. The highest BCUT2D eigenvalue weighted by Gasteiger charge is 2.22. The Morgan fingerprint density at radius 1 is 1.50 bits per heavy atom. The molecule has 1 saturated carbocycles. The van der Waals surface area contributed by atoms with Gasteiger partial charge in [-0.1, -0.05) is 6.42 Å². The average molecular weight is 261 g/mol. The number of pyridine rings is 1. The van der Waals surface area contributed by atoms with Crippen LogP contribution in [0.25, 0.3) is 0 Å². The molecule has 0 amide bonds. The summed E-state index contributed by atoms with van der Waals surface area (Å²) in [7, 11) is 0. The molecule has 96 valence electrons. The largest absolute Gasteiger partial charge is 0.366 e. The predicted molar refractivity (Wildman–Crippen MR) is 76.9 cm³/mol. The van der Waals surface area contributed by atoms with Gasteiger partial charge in [-0.25, -0.2) is 4.98 Å². The third-order valence-corrected chi connectivity index (χ3v) is 4.67. The summed E-state index contributed by atoms with van der Waals surface area (Å²) in [6, 6.07) is 4.59. The van der Waals surface area contributed by atoms with Crippen molar-refractivity contribution in [3.05, 3.63) is 23.4 Å². The van der Waals surface area contributed by atoms with E-state index in [0.717, 1.165) is 16.6 Å². The van der Waals surface area contributed by atoms with Gasteiger partial charge in [0.1, 0.15) is 11.9 Å². The zero-order valence-electron chi connectivity index (χ0n) is 10.9. The minimum Gasteiger partial charge on any atom is -0.366 e. The summed E-state index contributed by atoms with van der Waals surface area (Å²) < 4.78 is 0. The van der Waals surface area contributed by atoms with Crippen molar-refractivity contribution in [3.8, 4) is 6.07 Å². The molecule has 0 bridgehead atoms. The van der Waals surface area contributed by atoms with Crippen molar-refractivity contribution < 1.29 is 0 Å². The lowest BCUT2D eigenvalue weighted by molar-refractivity contribution is 0.472. The van der Waals surface area contributed by atoms with Gasteiger partial charge in [-0.2, -0.15) is 17.0 Å². The van der Waals surface area contributed by atoms with E-state index in [1.165, 1.54) is 25.7 Å².